The van der Waals surface area contributed by atoms with Crippen LogP contribution in [0.25, 0.3) is 0 Å². The van der Waals surface area contributed by atoms with Gasteiger partial charge in [0, 0.05) is 19.7 Å². The van der Waals surface area contributed by atoms with Crippen LogP contribution in [0.4, 0.5) is 0 Å². The van der Waals surface area contributed by atoms with Gasteiger partial charge in [-0.15, -0.1) is 5.10 Å². The fourth-order valence-corrected chi connectivity index (χ4v) is 1.90. The maximum atomic E-state index is 6.17. The molecule has 0 unspecified atom stereocenters. The molecule has 0 fully saturated rings. The Labute approximate surface area is 104 Å². The zero-order valence-corrected chi connectivity index (χ0v) is 10.6. The van der Waals surface area contributed by atoms with Crippen LogP contribution in [0.15, 0.2) is 6.20 Å². The molecule has 6 nitrogen and oxygen atoms in total. The molecule has 7 heteroatoms. The first kappa shape index (κ1) is 12.1. The number of rotatable bonds is 4. The highest BCUT2D eigenvalue weighted by atomic mass is 35.5. The van der Waals surface area contributed by atoms with E-state index in [4.69, 9.17) is 17.3 Å². The molecule has 0 atom stereocenters. The number of halogens is 1. The molecule has 2 aromatic rings. The largest absolute Gasteiger partial charge is 0.330 e. The van der Waals surface area contributed by atoms with E-state index in [0.717, 1.165) is 23.5 Å². The van der Waals surface area contributed by atoms with Crippen LogP contribution in [0.5, 0.6) is 0 Å². The molecule has 2 aromatic heterocycles. The van der Waals surface area contributed by atoms with Crippen LogP contribution in [0.1, 0.15) is 17.1 Å². The van der Waals surface area contributed by atoms with Crippen LogP contribution < -0.4 is 5.73 Å². The monoisotopic (exact) mass is 254 g/mol. The van der Waals surface area contributed by atoms with Crippen molar-refractivity contribution in [3.8, 4) is 0 Å². The number of nitrogens with zero attached hydrogens (tertiary/aromatic N) is 5. The highest BCUT2D eigenvalue weighted by Crippen LogP contribution is 2.19. The van der Waals surface area contributed by atoms with Gasteiger partial charge in [0.2, 0.25) is 0 Å². The molecule has 0 radical (unpaired) electrons. The van der Waals surface area contributed by atoms with Gasteiger partial charge in [-0.1, -0.05) is 16.8 Å². The first-order valence-corrected chi connectivity index (χ1v) is 5.76. The summed E-state index contributed by atoms with van der Waals surface area (Å²) >= 11 is 6.17. The number of hydrogen-bond acceptors (Lipinski definition) is 4. The van der Waals surface area contributed by atoms with Crippen LogP contribution in [0, 0.1) is 6.92 Å². The molecule has 0 aliphatic heterocycles. The van der Waals surface area contributed by atoms with Crippen LogP contribution in [-0.2, 0) is 20.0 Å². The minimum atomic E-state index is 0.563. The lowest BCUT2D eigenvalue weighted by Gasteiger charge is -2.01. The van der Waals surface area contributed by atoms with Crippen molar-refractivity contribution in [2.24, 2.45) is 12.8 Å². The Morgan fingerprint density at radius 1 is 1.47 bits per heavy atom. The molecule has 2 N–H and O–H groups in total. The van der Waals surface area contributed by atoms with Crippen LogP contribution in [0.3, 0.4) is 0 Å². The van der Waals surface area contributed by atoms with Gasteiger partial charge in [0.1, 0.15) is 0 Å². The Morgan fingerprint density at radius 3 is 2.82 bits per heavy atom. The fourth-order valence-electron chi connectivity index (χ4n) is 1.68. The molecular formula is C10H15ClN6. The Kier molecular flexibility index (Phi) is 3.44. The summed E-state index contributed by atoms with van der Waals surface area (Å²) in [4.78, 5) is 0. The van der Waals surface area contributed by atoms with Crippen LogP contribution >= 0.6 is 11.6 Å². The van der Waals surface area contributed by atoms with Gasteiger partial charge in [-0.05, 0) is 13.5 Å². The van der Waals surface area contributed by atoms with Gasteiger partial charge in [0.25, 0.3) is 0 Å². The summed E-state index contributed by atoms with van der Waals surface area (Å²) in [5.41, 5.74) is 8.10. The summed E-state index contributed by atoms with van der Waals surface area (Å²) in [5.74, 6) is 0. The lowest BCUT2D eigenvalue weighted by molar-refractivity contribution is 0.599. The number of aromatic nitrogens is 5. The number of nitrogens with two attached hydrogens (primary N) is 1. The van der Waals surface area contributed by atoms with E-state index >= 15 is 0 Å². The second-order valence-electron chi connectivity index (χ2n) is 3.92. The molecule has 0 bridgehead atoms. The predicted octanol–water partition coefficient (Wildman–Crippen LogP) is 0.523. The molecule has 92 valence electrons. The van der Waals surface area contributed by atoms with E-state index in [1.807, 2.05) is 20.2 Å². The molecule has 0 aliphatic rings. The van der Waals surface area contributed by atoms with Crippen molar-refractivity contribution >= 4 is 11.6 Å². The van der Waals surface area contributed by atoms with Gasteiger partial charge < -0.3 is 5.73 Å². The van der Waals surface area contributed by atoms with Crippen molar-refractivity contribution in [3.63, 3.8) is 0 Å². The summed E-state index contributed by atoms with van der Waals surface area (Å²) in [7, 11) is 1.87. The third kappa shape index (κ3) is 2.48. The average Bonchev–Trinajstić information content (AvgIpc) is 2.81. The Hall–Kier alpha value is -1.40. The van der Waals surface area contributed by atoms with Crippen LogP contribution in [0.2, 0.25) is 5.02 Å². The van der Waals surface area contributed by atoms with Crippen molar-refractivity contribution in [3.05, 3.63) is 28.3 Å². The second-order valence-corrected chi connectivity index (χ2v) is 4.29. The van der Waals surface area contributed by atoms with E-state index in [9.17, 15) is 0 Å². The molecule has 2 rings (SSSR count). The highest BCUT2D eigenvalue weighted by Gasteiger charge is 2.12. The molecule has 0 aromatic carbocycles. The van der Waals surface area contributed by atoms with Gasteiger partial charge in [-0.2, -0.15) is 5.10 Å². The zero-order chi connectivity index (χ0) is 12.4. The zero-order valence-electron chi connectivity index (χ0n) is 9.89. The van der Waals surface area contributed by atoms with Gasteiger partial charge in [0.05, 0.1) is 28.6 Å². The number of aryl methyl sites for hydroxylation is 2. The van der Waals surface area contributed by atoms with E-state index in [0.29, 0.717) is 18.1 Å². The maximum absolute atomic E-state index is 6.17. The van der Waals surface area contributed by atoms with Gasteiger partial charge in [-0.3, -0.25) is 4.68 Å². The summed E-state index contributed by atoms with van der Waals surface area (Å²) in [5, 5.41) is 13.0. The lowest BCUT2D eigenvalue weighted by Crippen LogP contribution is -2.06. The molecule has 17 heavy (non-hydrogen) atoms. The van der Waals surface area contributed by atoms with E-state index in [2.05, 4.69) is 15.4 Å². The van der Waals surface area contributed by atoms with Crippen molar-refractivity contribution in [2.45, 2.75) is 19.9 Å². The van der Waals surface area contributed by atoms with E-state index in [-0.39, 0.29) is 0 Å². The van der Waals surface area contributed by atoms with Crippen LogP contribution in [-0.4, -0.2) is 31.3 Å². The molecular weight excluding hydrogens is 240 g/mol. The SMILES string of the molecule is Cc1nn(C)c(Cn2cc(CCN)nn2)c1Cl. The molecule has 0 saturated heterocycles. The molecule has 2 heterocycles. The third-order valence-corrected chi connectivity index (χ3v) is 3.05. The summed E-state index contributed by atoms with van der Waals surface area (Å²) in [6, 6.07) is 0. The van der Waals surface area contributed by atoms with Gasteiger partial charge >= 0.3 is 0 Å². The minimum absolute atomic E-state index is 0.563. The van der Waals surface area contributed by atoms with Crippen molar-refractivity contribution in [1.29, 1.82) is 0 Å². The minimum Gasteiger partial charge on any atom is -0.330 e. The second kappa shape index (κ2) is 4.85. The Bertz CT molecular complexity index is 515. The highest BCUT2D eigenvalue weighted by molar-refractivity contribution is 6.31. The summed E-state index contributed by atoms with van der Waals surface area (Å²) in [6.07, 6.45) is 2.61. The predicted molar refractivity (Wildman–Crippen MR) is 64.8 cm³/mol. The van der Waals surface area contributed by atoms with Gasteiger partial charge in [-0.25, -0.2) is 4.68 Å². The first-order valence-electron chi connectivity index (χ1n) is 5.39. The topological polar surface area (TPSA) is 74.5 Å². The normalized spacial score (nSPS) is 11.1. The first-order chi connectivity index (χ1) is 8.11. The standard InChI is InChI=1S/C10H15ClN6/c1-7-10(11)9(16(2)14-7)6-17-5-8(3-4-12)13-15-17/h5H,3-4,6,12H2,1-2H3. The number of hydrogen-bond donors (Lipinski definition) is 1. The van der Waals surface area contributed by atoms with Crippen molar-refractivity contribution in [2.75, 3.05) is 6.54 Å². The summed E-state index contributed by atoms with van der Waals surface area (Å²) < 4.78 is 3.51. The molecule has 0 amide bonds. The fraction of sp³-hybridized carbons (Fsp3) is 0.500. The Morgan fingerprint density at radius 2 is 2.24 bits per heavy atom. The molecule has 0 spiro atoms. The summed E-state index contributed by atoms with van der Waals surface area (Å²) in [6.45, 7) is 3.02. The molecule has 0 aliphatic carbocycles. The van der Waals surface area contributed by atoms with Gasteiger partial charge in [0.15, 0.2) is 0 Å². The smallest absolute Gasteiger partial charge is 0.0866 e. The average molecular weight is 255 g/mol. The van der Waals surface area contributed by atoms with Crippen molar-refractivity contribution in [1.82, 2.24) is 24.8 Å². The lowest BCUT2D eigenvalue weighted by atomic mass is 10.3. The van der Waals surface area contributed by atoms with E-state index < -0.39 is 0 Å². The van der Waals surface area contributed by atoms with E-state index in [1.54, 1.807) is 9.36 Å². The quantitative estimate of drug-likeness (QED) is 0.863. The molecule has 0 saturated carbocycles. The van der Waals surface area contributed by atoms with Crippen molar-refractivity contribution < 1.29 is 0 Å². The van der Waals surface area contributed by atoms with E-state index in [1.165, 1.54) is 0 Å². The third-order valence-electron chi connectivity index (χ3n) is 2.56. The Balaban J connectivity index is 2.19. The maximum Gasteiger partial charge on any atom is 0.0866 e.